The fraction of sp³-hybridized carbons (Fsp3) is 0.500. The van der Waals surface area contributed by atoms with E-state index in [1.807, 2.05) is 0 Å². The van der Waals surface area contributed by atoms with Gasteiger partial charge in [0.05, 0.1) is 31.0 Å². The number of aliphatic hydroxyl groups is 1. The van der Waals surface area contributed by atoms with Crippen LogP contribution < -0.4 is 16.9 Å². The van der Waals surface area contributed by atoms with Crippen LogP contribution in [0.25, 0.3) is 22.2 Å². The number of aromatic amines is 2. The molecule has 6 heterocycles. The predicted molar refractivity (Wildman–Crippen MR) is 154 cm³/mol. The number of nitrogens with zero attached hydrogens (tertiary/aromatic N) is 6. The molecule has 4 aromatic heterocycles. The summed E-state index contributed by atoms with van der Waals surface area (Å²) in [5.41, 5.74) is 4.48. The van der Waals surface area contributed by atoms with Crippen LogP contribution in [-0.4, -0.2) is 93.3 Å². The van der Waals surface area contributed by atoms with Gasteiger partial charge in [-0.1, -0.05) is 5.21 Å². The van der Waals surface area contributed by atoms with Crippen molar-refractivity contribution in [3.63, 3.8) is 0 Å². The SMILES string of the molecule is Nc1nc2c(nnn2[C@@H]2O[C@H](CO)C[C@H]2OP(O)(=S)OC[C@H]2O[C@@H](n3ccc4c(=O)[nH]cnc43)[C@@H](F)[C@@H]2O[P+](=O)S)c(=O)[nH]1. The molecule has 24 heteroatoms. The molecule has 0 bridgehead atoms. The molecule has 0 aromatic carbocycles. The smallest absolute Gasteiger partial charge is 0.394 e. The zero-order chi connectivity index (χ0) is 31.3. The van der Waals surface area contributed by atoms with E-state index in [1.54, 1.807) is 0 Å². The number of fused-ring (bicyclic) bond motifs is 2. The van der Waals surface area contributed by atoms with Gasteiger partial charge in [-0.25, -0.2) is 9.37 Å². The van der Waals surface area contributed by atoms with Gasteiger partial charge < -0.3 is 43.8 Å². The number of anilines is 1. The lowest BCUT2D eigenvalue weighted by atomic mass is 10.1. The number of alkyl halides is 1. The van der Waals surface area contributed by atoms with Gasteiger partial charge in [-0.3, -0.25) is 14.6 Å². The van der Waals surface area contributed by atoms with Gasteiger partial charge in [0.25, 0.3) is 11.1 Å². The van der Waals surface area contributed by atoms with Crippen molar-refractivity contribution < 1.29 is 42.0 Å². The molecule has 4 aromatic rings. The topological polar surface area (TPSA) is 257 Å². The number of aliphatic hydroxyl groups excluding tert-OH is 1. The van der Waals surface area contributed by atoms with Crippen molar-refractivity contribution in [3.8, 4) is 0 Å². The van der Waals surface area contributed by atoms with Crippen molar-refractivity contribution in [2.24, 2.45) is 0 Å². The van der Waals surface area contributed by atoms with E-state index in [1.165, 1.54) is 16.8 Å². The third kappa shape index (κ3) is 5.95. The number of hydrogen-bond donors (Lipinski definition) is 6. The van der Waals surface area contributed by atoms with E-state index in [9.17, 15) is 24.2 Å². The Morgan fingerprint density at radius 2 is 2.09 bits per heavy atom. The molecule has 0 saturated carbocycles. The quantitative estimate of drug-likeness (QED) is 0.0939. The van der Waals surface area contributed by atoms with Gasteiger partial charge >= 0.3 is 13.9 Å². The second kappa shape index (κ2) is 12.2. The summed E-state index contributed by atoms with van der Waals surface area (Å²) in [6.45, 7) is -5.19. The first-order valence-corrected chi connectivity index (χ1v) is 17.6. The molecule has 2 aliphatic heterocycles. The van der Waals surface area contributed by atoms with E-state index in [-0.39, 0.29) is 34.6 Å². The molecule has 2 aliphatic rings. The lowest BCUT2D eigenvalue weighted by Gasteiger charge is -2.25. The molecule has 6 N–H and O–H groups in total. The maximum Gasteiger partial charge on any atom is 0.582 e. The Kier molecular flexibility index (Phi) is 8.67. The van der Waals surface area contributed by atoms with Crippen molar-refractivity contribution in [1.29, 1.82) is 0 Å². The van der Waals surface area contributed by atoms with Crippen molar-refractivity contribution in [1.82, 2.24) is 39.5 Å². The summed E-state index contributed by atoms with van der Waals surface area (Å²) >= 11 is 8.92. The van der Waals surface area contributed by atoms with E-state index in [0.717, 1.165) is 11.0 Å². The number of hydrogen-bond acceptors (Lipinski definition) is 15. The Morgan fingerprint density at radius 3 is 2.84 bits per heavy atom. The van der Waals surface area contributed by atoms with Gasteiger partial charge in [0, 0.05) is 12.6 Å². The number of aromatic nitrogens is 8. The zero-order valence-corrected chi connectivity index (χ0v) is 25.4. The maximum absolute atomic E-state index is 15.7. The van der Waals surface area contributed by atoms with Crippen molar-refractivity contribution in [3.05, 3.63) is 39.3 Å². The van der Waals surface area contributed by atoms with Gasteiger partial charge in [-0.15, -0.1) is 9.62 Å². The molecule has 2 unspecified atom stereocenters. The molecule has 0 amide bonds. The summed E-state index contributed by atoms with van der Waals surface area (Å²) in [6, 6.07) is 1.43. The zero-order valence-electron chi connectivity index (χ0n) is 21.9. The Hall–Kier alpha value is -2.75. The lowest BCUT2D eigenvalue weighted by molar-refractivity contribution is -0.0585. The summed E-state index contributed by atoms with van der Waals surface area (Å²) in [5, 5.41) is 17.6. The first-order chi connectivity index (χ1) is 21.0. The van der Waals surface area contributed by atoms with Crippen LogP contribution >= 0.6 is 26.2 Å². The highest BCUT2D eigenvalue weighted by molar-refractivity contribution is 8.39. The highest BCUT2D eigenvalue weighted by Gasteiger charge is 2.52. The van der Waals surface area contributed by atoms with Crippen LogP contribution in [0.15, 0.2) is 28.2 Å². The monoisotopic (exact) mass is 694 g/mol. The van der Waals surface area contributed by atoms with Crippen LogP contribution in [0.3, 0.4) is 0 Å². The number of ether oxygens (including phenoxy) is 2. The highest BCUT2D eigenvalue weighted by Crippen LogP contribution is 2.51. The third-order valence-electron chi connectivity index (χ3n) is 6.88. The maximum atomic E-state index is 15.7. The predicted octanol–water partition coefficient (Wildman–Crippen LogP) is -0.0587. The average molecular weight is 695 g/mol. The molecule has 6 rings (SSSR count). The fourth-order valence-corrected chi connectivity index (χ4v) is 7.24. The van der Waals surface area contributed by atoms with Crippen LogP contribution in [-0.2, 0) is 39.4 Å². The summed E-state index contributed by atoms with van der Waals surface area (Å²) < 4.78 is 57.9. The molecule has 9 atom stereocenters. The van der Waals surface area contributed by atoms with Crippen LogP contribution in [0.2, 0.25) is 0 Å². The standard InChI is InChI=1S/C20H22FN9O10P2S2/c21-11-13(39-41(34)43)10(38-19(11)29-2-1-8-14(29)23-6-24-16(8)32)5-36-42(35,44)40-9-3-7(4-31)37-18(9)30-15-12(27-28-30)17(33)26-20(22)25-15/h1-2,6-7,9-11,13,18-19,31H,3-5H2,(H5-,22,23,24,25,26,28,32,33,34,35,43,44)/p+1/t7-,9+,10+,11-,13+,18+,19+,42?/m0/s1. The molecule has 0 aliphatic carbocycles. The van der Waals surface area contributed by atoms with Crippen molar-refractivity contribution in [2.75, 3.05) is 18.9 Å². The number of H-pyrrole nitrogens is 2. The van der Waals surface area contributed by atoms with E-state index >= 15 is 4.39 Å². The molecule has 2 fully saturated rings. The van der Waals surface area contributed by atoms with Gasteiger partial charge in [0.1, 0.15) is 30.1 Å². The number of thiol groups is 1. The number of nitrogens with two attached hydrogens (primary N) is 1. The number of halogens is 1. The Morgan fingerprint density at radius 1 is 1.30 bits per heavy atom. The summed E-state index contributed by atoms with van der Waals surface area (Å²) in [7, 11) is -2.60. The van der Waals surface area contributed by atoms with Gasteiger partial charge in [-0.05, 0) is 22.4 Å². The molecule has 0 radical (unpaired) electrons. The first kappa shape index (κ1) is 31.2. The van der Waals surface area contributed by atoms with E-state index in [0.29, 0.717) is 0 Å². The summed E-state index contributed by atoms with van der Waals surface area (Å²) in [5.74, 6) is -0.216. The minimum atomic E-state index is -4.17. The van der Waals surface area contributed by atoms with E-state index < -0.39 is 81.3 Å². The summed E-state index contributed by atoms with van der Waals surface area (Å²) in [6.07, 6.45) is -6.59. The van der Waals surface area contributed by atoms with Gasteiger partial charge in [0.2, 0.25) is 5.95 Å². The average Bonchev–Trinajstić information content (AvgIpc) is 3.73. The Labute approximate surface area is 255 Å². The number of nitrogens with one attached hydrogen (secondary N) is 2. The Balaban J connectivity index is 1.21. The van der Waals surface area contributed by atoms with E-state index in [2.05, 4.69) is 42.5 Å². The molecule has 2 saturated heterocycles. The van der Waals surface area contributed by atoms with E-state index in [4.69, 9.17) is 40.6 Å². The van der Waals surface area contributed by atoms with Crippen LogP contribution in [0, 0.1) is 0 Å². The lowest BCUT2D eigenvalue weighted by Crippen LogP contribution is -2.33. The number of rotatable bonds is 10. The number of nitrogen functional groups attached to an aromatic ring is 1. The minimum Gasteiger partial charge on any atom is -0.394 e. The van der Waals surface area contributed by atoms with Gasteiger partial charge in [-0.2, -0.15) is 9.67 Å². The van der Waals surface area contributed by atoms with Gasteiger partial charge in [0.15, 0.2) is 35.9 Å². The fourth-order valence-electron chi connectivity index (χ4n) is 5.01. The molecule has 236 valence electrons. The molecule has 19 nitrogen and oxygen atoms in total. The van der Waals surface area contributed by atoms with Crippen LogP contribution in [0.5, 0.6) is 0 Å². The minimum absolute atomic E-state index is 0.0107. The molecule has 44 heavy (non-hydrogen) atoms. The molecular formula is C20H23FN9O10P2S2+. The first-order valence-electron chi connectivity index (χ1n) is 12.6. The second-order valence-corrected chi connectivity index (χ2v) is 14.1. The van der Waals surface area contributed by atoms with Crippen molar-refractivity contribution in [2.45, 2.75) is 49.5 Å². The van der Waals surface area contributed by atoms with Crippen LogP contribution in [0.4, 0.5) is 10.3 Å². The Bertz CT molecular complexity index is 1890. The van der Waals surface area contributed by atoms with Crippen molar-refractivity contribution >= 4 is 66.1 Å². The largest absolute Gasteiger partial charge is 0.582 e. The normalized spacial score (nSPS) is 29.0. The second-order valence-electron chi connectivity index (χ2n) is 9.64. The highest BCUT2D eigenvalue weighted by atomic mass is 32.7. The van der Waals surface area contributed by atoms with Crippen LogP contribution in [0.1, 0.15) is 18.9 Å². The molecular weight excluding hydrogens is 671 g/mol. The molecule has 0 spiro atoms. The third-order valence-corrected chi connectivity index (χ3v) is 9.17. The summed E-state index contributed by atoms with van der Waals surface area (Å²) in [4.78, 5) is 48.1.